The van der Waals surface area contributed by atoms with E-state index in [-0.39, 0.29) is 29.1 Å². The van der Waals surface area contributed by atoms with Gasteiger partial charge in [0.15, 0.2) is 0 Å². The third kappa shape index (κ3) is 8.83. The Morgan fingerprint density at radius 3 is 1.88 bits per heavy atom. The lowest BCUT2D eigenvalue weighted by Crippen LogP contribution is -2.67. The molecule has 0 bridgehead atoms. The van der Waals surface area contributed by atoms with Crippen LogP contribution in [-0.4, -0.2) is 47.3 Å². The molecule has 6 nitrogen and oxygen atoms in total. The Bertz CT molecular complexity index is 1450. The van der Waals surface area contributed by atoms with Crippen molar-refractivity contribution in [3.63, 3.8) is 0 Å². The third-order valence-electron chi connectivity index (χ3n) is 9.42. The molecule has 0 saturated carbocycles. The van der Waals surface area contributed by atoms with Crippen LogP contribution in [0.5, 0.6) is 5.75 Å². The first-order chi connectivity index (χ1) is 23.2. The summed E-state index contributed by atoms with van der Waals surface area (Å²) in [7, 11) is -1.05. The second-order valence-electron chi connectivity index (χ2n) is 13.9. The van der Waals surface area contributed by atoms with Gasteiger partial charge < -0.3 is 28.1 Å². The third-order valence-corrected chi connectivity index (χ3v) is 14.4. The molecule has 4 aromatic rings. The number of benzene rings is 4. The summed E-state index contributed by atoms with van der Waals surface area (Å²) in [6.07, 6.45) is 0.529. The molecule has 1 aliphatic heterocycles. The van der Waals surface area contributed by atoms with Crippen LogP contribution >= 0.6 is 0 Å². The second-order valence-corrected chi connectivity index (χ2v) is 18.2. The standard InChI is InChI=1S/C41H52O6Si/c1-31(28-46-48(41(3,4)5,36-18-12-8-13-19-36)37-20-14-9-15-21-37)39(44-29-33-16-10-7-11-17-33)32(2)38-26-27-43-40(47-38)45-30-34-22-24-35(42-6)25-23-34/h7-25,31-32,38-40H,26-30H2,1-6H3/t31-,32+,38+,39+,40?/m0/s1. The van der Waals surface area contributed by atoms with Crippen LogP contribution in [0.3, 0.4) is 0 Å². The first kappa shape index (κ1) is 36.0. The van der Waals surface area contributed by atoms with Crippen LogP contribution < -0.4 is 15.1 Å². The largest absolute Gasteiger partial charge is 0.497 e. The molecule has 4 aromatic carbocycles. The lowest BCUT2D eigenvalue weighted by molar-refractivity contribution is -0.344. The highest BCUT2D eigenvalue weighted by molar-refractivity contribution is 6.99. The van der Waals surface area contributed by atoms with Gasteiger partial charge in [0.1, 0.15) is 5.75 Å². The normalized spacial score (nSPS) is 19.0. The van der Waals surface area contributed by atoms with Crippen LogP contribution in [0, 0.1) is 11.8 Å². The highest BCUT2D eigenvalue weighted by Gasteiger charge is 2.50. The van der Waals surface area contributed by atoms with E-state index in [2.05, 4.69) is 120 Å². The van der Waals surface area contributed by atoms with Crippen molar-refractivity contribution in [3.8, 4) is 5.75 Å². The summed E-state index contributed by atoms with van der Waals surface area (Å²) in [5.74, 6) is 0.949. The molecule has 5 rings (SSSR count). The number of hydrogen-bond donors (Lipinski definition) is 0. The van der Waals surface area contributed by atoms with Gasteiger partial charge >= 0.3 is 0 Å². The van der Waals surface area contributed by atoms with E-state index in [0.717, 1.165) is 23.3 Å². The minimum atomic E-state index is -2.71. The van der Waals surface area contributed by atoms with Crippen molar-refractivity contribution in [2.75, 3.05) is 20.3 Å². The summed E-state index contributed by atoms with van der Waals surface area (Å²) < 4.78 is 37.9. The van der Waals surface area contributed by atoms with Crippen molar-refractivity contribution in [2.24, 2.45) is 11.8 Å². The maximum Gasteiger partial charge on any atom is 0.272 e. The van der Waals surface area contributed by atoms with E-state index in [1.807, 2.05) is 30.3 Å². The zero-order valence-corrected chi connectivity index (χ0v) is 30.3. The van der Waals surface area contributed by atoms with Gasteiger partial charge in [0.25, 0.3) is 14.8 Å². The fourth-order valence-electron chi connectivity index (χ4n) is 6.82. The molecule has 1 saturated heterocycles. The van der Waals surface area contributed by atoms with Gasteiger partial charge in [0.05, 0.1) is 39.1 Å². The van der Waals surface area contributed by atoms with E-state index in [9.17, 15) is 0 Å². The Morgan fingerprint density at radius 2 is 1.31 bits per heavy atom. The van der Waals surface area contributed by atoms with Gasteiger partial charge in [-0.2, -0.15) is 0 Å². The van der Waals surface area contributed by atoms with E-state index in [1.165, 1.54) is 10.4 Å². The molecule has 1 heterocycles. The zero-order chi connectivity index (χ0) is 34.0. The lowest BCUT2D eigenvalue weighted by Gasteiger charge is -2.44. The number of hydrogen-bond acceptors (Lipinski definition) is 6. The Kier molecular flexibility index (Phi) is 12.7. The predicted octanol–water partition coefficient (Wildman–Crippen LogP) is 7.74. The van der Waals surface area contributed by atoms with Crippen LogP contribution in [0.2, 0.25) is 5.04 Å². The second kappa shape index (κ2) is 16.9. The summed E-state index contributed by atoms with van der Waals surface area (Å²) in [6, 6.07) is 39.8. The molecule has 1 unspecified atom stereocenters. The first-order valence-corrected chi connectivity index (χ1v) is 19.0. The molecule has 0 N–H and O–H groups in total. The molecule has 0 radical (unpaired) electrons. The van der Waals surface area contributed by atoms with E-state index in [1.54, 1.807) is 7.11 Å². The predicted molar refractivity (Wildman–Crippen MR) is 194 cm³/mol. The molecule has 0 spiro atoms. The fraction of sp³-hybridized carbons (Fsp3) is 0.415. The Morgan fingerprint density at radius 1 is 0.750 bits per heavy atom. The van der Waals surface area contributed by atoms with Gasteiger partial charge in [-0.05, 0) is 45.1 Å². The Hall–Kier alpha value is -3.30. The van der Waals surface area contributed by atoms with E-state index in [4.69, 9.17) is 28.1 Å². The van der Waals surface area contributed by atoms with Crippen LogP contribution in [0.1, 0.15) is 52.2 Å². The van der Waals surface area contributed by atoms with Crippen LogP contribution in [0.15, 0.2) is 115 Å². The summed E-state index contributed by atoms with van der Waals surface area (Å²) in [5.41, 5.74) is 2.17. The molecule has 0 aromatic heterocycles. The minimum absolute atomic E-state index is 0.0578. The quantitative estimate of drug-likeness (QED) is 0.121. The highest BCUT2D eigenvalue weighted by atomic mass is 28.4. The van der Waals surface area contributed by atoms with Crippen molar-refractivity contribution < 1.29 is 28.1 Å². The molecule has 48 heavy (non-hydrogen) atoms. The summed E-state index contributed by atoms with van der Waals surface area (Å²) in [5, 5.41) is 2.44. The van der Waals surface area contributed by atoms with E-state index >= 15 is 0 Å². The minimum Gasteiger partial charge on any atom is -0.497 e. The summed E-state index contributed by atoms with van der Waals surface area (Å²) in [4.78, 5) is 0. The molecule has 0 aliphatic carbocycles. The Balaban J connectivity index is 1.35. The monoisotopic (exact) mass is 668 g/mol. The average molecular weight is 669 g/mol. The molecular weight excluding hydrogens is 617 g/mol. The first-order valence-electron chi connectivity index (χ1n) is 17.1. The summed E-state index contributed by atoms with van der Waals surface area (Å²) in [6.45, 7) is 12.7. The molecule has 7 heteroatoms. The Labute approximate surface area is 288 Å². The van der Waals surface area contributed by atoms with Crippen molar-refractivity contribution >= 4 is 18.7 Å². The SMILES string of the molecule is COc1ccc(COC2OCC[C@H]([C@@H](C)[C@H](OCc3ccccc3)[C@@H](C)CO[Si](c3ccccc3)(c3ccccc3)C(C)(C)C)O2)cc1. The number of rotatable bonds is 15. The number of methoxy groups -OCH3 is 1. The van der Waals surface area contributed by atoms with Crippen molar-refractivity contribution in [1.29, 1.82) is 0 Å². The maximum absolute atomic E-state index is 7.38. The highest BCUT2D eigenvalue weighted by Crippen LogP contribution is 2.38. The van der Waals surface area contributed by atoms with Crippen molar-refractivity contribution in [3.05, 3.63) is 126 Å². The van der Waals surface area contributed by atoms with Crippen LogP contribution in [0.4, 0.5) is 0 Å². The molecule has 256 valence electrons. The van der Waals surface area contributed by atoms with Gasteiger partial charge in [-0.25, -0.2) is 0 Å². The molecule has 5 atom stereocenters. The van der Waals surface area contributed by atoms with Crippen LogP contribution in [-0.2, 0) is 36.6 Å². The summed E-state index contributed by atoms with van der Waals surface area (Å²) >= 11 is 0. The maximum atomic E-state index is 7.38. The molecular formula is C41H52O6Si. The lowest BCUT2D eigenvalue weighted by atomic mass is 9.88. The van der Waals surface area contributed by atoms with Crippen LogP contribution in [0.25, 0.3) is 0 Å². The topological polar surface area (TPSA) is 55.4 Å². The van der Waals surface area contributed by atoms with Crippen molar-refractivity contribution in [2.45, 2.75) is 78.0 Å². The van der Waals surface area contributed by atoms with Gasteiger partial charge in [-0.3, -0.25) is 0 Å². The molecule has 1 fully saturated rings. The van der Waals surface area contributed by atoms with Gasteiger partial charge in [-0.1, -0.05) is 138 Å². The van der Waals surface area contributed by atoms with E-state index in [0.29, 0.717) is 26.4 Å². The zero-order valence-electron chi connectivity index (χ0n) is 29.3. The number of ether oxygens (including phenoxy) is 5. The van der Waals surface area contributed by atoms with Gasteiger partial charge in [0.2, 0.25) is 0 Å². The average Bonchev–Trinajstić information content (AvgIpc) is 3.12. The molecule has 1 aliphatic rings. The van der Waals surface area contributed by atoms with E-state index < -0.39 is 14.8 Å². The smallest absolute Gasteiger partial charge is 0.272 e. The fourth-order valence-corrected chi connectivity index (χ4v) is 11.5. The molecule has 0 amide bonds. The van der Waals surface area contributed by atoms with Gasteiger partial charge in [0, 0.05) is 18.4 Å². The van der Waals surface area contributed by atoms with Crippen molar-refractivity contribution in [1.82, 2.24) is 0 Å². The van der Waals surface area contributed by atoms with Gasteiger partial charge in [-0.15, -0.1) is 0 Å².